The number of hydrogen-bond acceptors (Lipinski definition) is 4. The van der Waals surface area contributed by atoms with E-state index in [0.29, 0.717) is 12.6 Å². The molecule has 3 rings (SSSR count). The van der Waals surface area contributed by atoms with Crippen molar-refractivity contribution < 1.29 is 4.74 Å². The third kappa shape index (κ3) is 7.60. The van der Waals surface area contributed by atoms with Crippen LogP contribution in [-0.4, -0.2) is 49.7 Å². The lowest BCUT2D eigenvalue weighted by molar-refractivity contribution is 0.198. The highest BCUT2D eigenvalue weighted by atomic mass is 127. The van der Waals surface area contributed by atoms with Crippen LogP contribution in [0.15, 0.2) is 52.2 Å². The molecule has 5 nitrogen and oxygen atoms in total. The summed E-state index contributed by atoms with van der Waals surface area (Å²) in [6.45, 7) is 6.09. The third-order valence-corrected chi connectivity index (χ3v) is 5.51. The summed E-state index contributed by atoms with van der Waals surface area (Å²) in [5, 5.41) is 11.3. The van der Waals surface area contributed by atoms with Gasteiger partial charge in [0.1, 0.15) is 11.9 Å². The van der Waals surface area contributed by atoms with Crippen LogP contribution in [0.3, 0.4) is 0 Å². The summed E-state index contributed by atoms with van der Waals surface area (Å²) in [7, 11) is 1.82. The molecule has 154 valence electrons. The Labute approximate surface area is 189 Å². The Morgan fingerprint density at radius 1 is 1.25 bits per heavy atom. The van der Waals surface area contributed by atoms with Crippen molar-refractivity contribution in [1.29, 1.82) is 0 Å². The summed E-state index contributed by atoms with van der Waals surface area (Å²) in [6.07, 6.45) is 2.35. The van der Waals surface area contributed by atoms with Gasteiger partial charge in [0.25, 0.3) is 0 Å². The Morgan fingerprint density at radius 3 is 2.64 bits per heavy atom. The minimum Gasteiger partial charge on any atom is -0.489 e. The number of para-hydroxylation sites is 1. The van der Waals surface area contributed by atoms with Crippen molar-refractivity contribution in [2.24, 2.45) is 4.99 Å². The van der Waals surface area contributed by atoms with E-state index < -0.39 is 0 Å². The van der Waals surface area contributed by atoms with E-state index in [1.807, 2.05) is 37.4 Å². The number of benzene rings is 1. The molecule has 1 aliphatic heterocycles. The Balaban J connectivity index is 0.00000280. The summed E-state index contributed by atoms with van der Waals surface area (Å²) in [5.74, 6) is 1.75. The van der Waals surface area contributed by atoms with Gasteiger partial charge >= 0.3 is 0 Å². The number of nitrogens with one attached hydrogen (secondary N) is 2. The van der Waals surface area contributed by atoms with Crippen molar-refractivity contribution in [3.63, 3.8) is 0 Å². The molecular formula is C21H31IN4OS. The van der Waals surface area contributed by atoms with Gasteiger partial charge in [-0.25, -0.2) is 0 Å². The fraction of sp³-hybridized carbons (Fsp3) is 0.476. The summed E-state index contributed by atoms with van der Waals surface area (Å²) in [5.41, 5.74) is 1.43. The van der Waals surface area contributed by atoms with Gasteiger partial charge in [0.15, 0.2) is 5.96 Å². The van der Waals surface area contributed by atoms with Gasteiger partial charge in [0.2, 0.25) is 0 Å². The van der Waals surface area contributed by atoms with E-state index in [1.165, 1.54) is 5.56 Å². The fourth-order valence-corrected chi connectivity index (χ4v) is 3.94. The molecule has 1 aromatic heterocycles. The molecule has 28 heavy (non-hydrogen) atoms. The van der Waals surface area contributed by atoms with Gasteiger partial charge in [-0.1, -0.05) is 18.2 Å². The topological polar surface area (TPSA) is 48.9 Å². The molecule has 0 bridgehead atoms. The zero-order valence-electron chi connectivity index (χ0n) is 16.6. The van der Waals surface area contributed by atoms with Crippen molar-refractivity contribution in [1.82, 2.24) is 15.5 Å². The molecule has 0 saturated carbocycles. The van der Waals surface area contributed by atoms with Crippen LogP contribution >= 0.6 is 35.3 Å². The van der Waals surface area contributed by atoms with Crippen molar-refractivity contribution in [2.45, 2.75) is 38.5 Å². The minimum absolute atomic E-state index is 0. The molecule has 0 aliphatic carbocycles. The maximum absolute atomic E-state index is 5.91. The second kappa shape index (κ2) is 12.3. The summed E-state index contributed by atoms with van der Waals surface area (Å²) < 4.78 is 5.91. The number of guanidine groups is 1. The molecule has 2 aromatic rings. The van der Waals surface area contributed by atoms with E-state index in [-0.39, 0.29) is 30.1 Å². The second-order valence-corrected chi connectivity index (χ2v) is 7.80. The molecule has 1 atom stereocenters. The van der Waals surface area contributed by atoms with Gasteiger partial charge in [-0.3, -0.25) is 9.89 Å². The lowest BCUT2D eigenvalue weighted by atomic mass is 10.0. The maximum atomic E-state index is 5.91. The van der Waals surface area contributed by atoms with Crippen molar-refractivity contribution in [3.05, 3.63) is 52.7 Å². The average Bonchev–Trinajstić information content (AvgIpc) is 3.20. The SMILES string of the molecule is CN=C(NCC(C)Oc1ccccc1)NC1CCN(Cc2ccsc2)CC1.I. The van der Waals surface area contributed by atoms with Gasteiger partial charge in [-0.15, -0.1) is 24.0 Å². The monoisotopic (exact) mass is 514 g/mol. The van der Waals surface area contributed by atoms with Crippen LogP contribution < -0.4 is 15.4 Å². The lowest BCUT2D eigenvalue weighted by Crippen LogP contribution is -2.49. The van der Waals surface area contributed by atoms with E-state index in [2.05, 4.69) is 44.3 Å². The highest BCUT2D eigenvalue weighted by Crippen LogP contribution is 2.15. The summed E-state index contributed by atoms with van der Waals surface area (Å²) in [4.78, 5) is 6.90. The Bertz CT molecular complexity index is 688. The number of likely N-dealkylation sites (tertiary alicyclic amines) is 1. The lowest BCUT2D eigenvalue weighted by Gasteiger charge is -2.33. The van der Waals surface area contributed by atoms with Crippen LogP contribution in [0.5, 0.6) is 5.75 Å². The first-order valence-electron chi connectivity index (χ1n) is 9.65. The van der Waals surface area contributed by atoms with Crippen LogP contribution in [0.2, 0.25) is 0 Å². The first kappa shape index (κ1) is 23.0. The van der Waals surface area contributed by atoms with E-state index in [9.17, 15) is 0 Å². The van der Waals surface area contributed by atoms with Crippen LogP contribution in [0.4, 0.5) is 0 Å². The van der Waals surface area contributed by atoms with Crippen molar-refractivity contribution >= 4 is 41.3 Å². The first-order valence-corrected chi connectivity index (χ1v) is 10.6. The number of ether oxygens (including phenoxy) is 1. The van der Waals surface area contributed by atoms with Crippen LogP contribution in [0, 0.1) is 0 Å². The predicted molar refractivity (Wildman–Crippen MR) is 129 cm³/mol. The second-order valence-electron chi connectivity index (χ2n) is 7.02. The maximum Gasteiger partial charge on any atom is 0.191 e. The number of nitrogens with zero attached hydrogens (tertiary/aromatic N) is 2. The molecule has 1 aliphatic rings. The Hall–Kier alpha value is -1.32. The normalized spacial score (nSPS) is 16.9. The molecule has 0 spiro atoms. The van der Waals surface area contributed by atoms with Gasteiger partial charge in [0.05, 0.1) is 6.54 Å². The number of thiophene rings is 1. The van der Waals surface area contributed by atoms with E-state index >= 15 is 0 Å². The molecule has 0 amide bonds. The average molecular weight is 514 g/mol. The minimum atomic E-state index is 0. The third-order valence-electron chi connectivity index (χ3n) is 4.78. The molecule has 1 saturated heterocycles. The molecule has 1 aromatic carbocycles. The number of rotatable bonds is 7. The largest absolute Gasteiger partial charge is 0.489 e. The molecule has 2 N–H and O–H groups in total. The van der Waals surface area contributed by atoms with Crippen molar-refractivity contribution in [2.75, 3.05) is 26.7 Å². The predicted octanol–water partition coefficient (Wildman–Crippen LogP) is 3.96. The van der Waals surface area contributed by atoms with Crippen molar-refractivity contribution in [3.8, 4) is 5.75 Å². The smallest absolute Gasteiger partial charge is 0.191 e. The zero-order chi connectivity index (χ0) is 18.9. The molecule has 0 radical (unpaired) electrons. The van der Waals surface area contributed by atoms with Gasteiger partial charge in [-0.2, -0.15) is 11.3 Å². The standard InChI is InChI=1S/C21H30N4OS.HI/c1-17(26-20-6-4-3-5-7-20)14-23-21(22-2)24-19-8-11-25(12-9-19)15-18-10-13-27-16-18;/h3-7,10,13,16-17,19H,8-9,11-12,14-15H2,1-2H3,(H2,22,23,24);1H. The van der Waals surface area contributed by atoms with Crippen LogP contribution in [0.25, 0.3) is 0 Å². The Morgan fingerprint density at radius 2 is 2.00 bits per heavy atom. The van der Waals surface area contributed by atoms with Gasteiger partial charge in [-0.05, 0) is 54.3 Å². The highest BCUT2D eigenvalue weighted by molar-refractivity contribution is 14.0. The van der Waals surface area contributed by atoms with Gasteiger partial charge in [0, 0.05) is 32.7 Å². The zero-order valence-corrected chi connectivity index (χ0v) is 19.8. The highest BCUT2D eigenvalue weighted by Gasteiger charge is 2.20. The number of piperidine rings is 1. The number of aliphatic imine (C=N–C) groups is 1. The summed E-state index contributed by atoms with van der Waals surface area (Å²) >= 11 is 1.77. The van der Waals surface area contributed by atoms with E-state index in [4.69, 9.17) is 4.74 Å². The molecule has 2 heterocycles. The first-order chi connectivity index (χ1) is 13.2. The molecule has 7 heteroatoms. The van der Waals surface area contributed by atoms with E-state index in [0.717, 1.165) is 44.2 Å². The molecule has 1 fully saturated rings. The number of hydrogen-bond donors (Lipinski definition) is 2. The van der Waals surface area contributed by atoms with Crippen LogP contribution in [-0.2, 0) is 6.54 Å². The quantitative estimate of drug-likeness (QED) is 0.334. The van der Waals surface area contributed by atoms with Gasteiger partial charge < -0.3 is 15.4 Å². The van der Waals surface area contributed by atoms with Crippen LogP contribution in [0.1, 0.15) is 25.3 Å². The summed E-state index contributed by atoms with van der Waals surface area (Å²) in [6, 6.07) is 12.6. The Kier molecular flexibility index (Phi) is 10.1. The molecule has 1 unspecified atom stereocenters. The fourth-order valence-electron chi connectivity index (χ4n) is 3.28. The number of halogens is 1. The van der Waals surface area contributed by atoms with E-state index in [1.54, 1.807) is 11.3 Å². The molecular weight excluding hydrogens is 483 g/mol.